The number of hydrogen-bond donors (Lipinski definition) is 0. The Kier molecular flexibility index (Phi) is 4.90. The van der Waals surface area contributed by atoms with Gasteiger partial charge in [0.1, 0.15) is 11.6 Å². The number of hydrogen-bond acceptors (Lipinski definition) is 1. The molecule has 0 saturated heterocycles. The zero-order valence-electron chi connectivity index (χ0n) is 5.84. The first-order chi connectivity index (χ1) is 4.83. The molecule has 0 heterocycles. The molecular formula is C8H8CoFO-. The van der Waals surface area contributed by atoms with Crippen molar-refractivity contribution >= 4 is 0 Å². The van der Waals surface area contributed by atoms with Crippen molar-refractivity contribution in [1.29, 1.82) is 0 Å². The first kappa shape index (κ1) is 10.5. The second kappa shape index (κ2) is 5.15. The van der Waals surface area contributed by atoms with Gasteiger partial charge in [-0.05, 0) is 18.7 Å². The Hall–Kier alpha value is -0.544. The van der Waals surface area contributed by atoms with Crippen molar-refractivity contribution in [2.75, 3.05) is 6.61 Å². The van der Waals surface area contributed by atoms with E-state index in [1.807, 2.05) is 0 Å². The van der Waals surface area contributed by atoms with Crippen LogP contribution in [0, 0.1) is 12.7 Å². The molecule has 0 fully saturated rings. The molecule has 0 N–H and O–H groups in total. The van der Waals surface area contributed by atoms with Crippen molar-refractivity contribution in [2.24, 2.45) is 0 Å². The van der Waals surface area contributed by atoms with E-state index < -0.39 is 0 Å². The zero-order valence-corrected chi connectivity index (χ0v) is 6.88. The van der Waals surface area contributed by atoms with Crippen LogP contribution in [-0.4, -0.2) is 6.61 Å². The van der Waals surface area contributed by atoms with E-state index in [0.717, 1.165) is 0 Å². The molecule has 0 saturated carbocycles. The van der Waals surface area contributed by atoms with E-state index in [-0.39, 0.29) is 22.6 Å². The number of rotatable bonds is 2. The smallest absolute Gasteiger partial charge is 0.126 e. The van der Waals surface area contributed by atoms with E-state index in [1.54, 1.807) is 12.1 Å². The SMILES string of the molecule is [CH2-]COc1cccc(F)c1.[Co]. The summed E-state index contributed by atoms with van der Waals surface area (Å²) >= 11 is 0. The predicted octanol–water partition coefficient (Wildman–Crippen LogP) is 2.04. The van der Waals surface area contributed by atoms with Gasteiger partial charge in [0.05, 0.1) is 0 Å². The minimum atomic E-state index is -0.286. The van der Waals surface area contributed by atoms with Crippen molar-refractivity contribution in [1.82, 2.24) is 0 Å². The first-order valence-corrected chi connectivity index (χ1v) is 3.00. The first-order valence-electron chi connectivity index (χ1n) is 3.00. The Bertz CT molecular complexity index is 215. The van der Waals surface area contributed by atoms with Crippen molar-refractivity contribution in [3.05, 3.63) is 37.0 Å². The minimum absolute atomic E-state index is 0. The zero-order chi connectivity index (χ0) is 7.40. The summed E-state index contributed by atoms with van der Waals surface area (Å²) < 4.78 is 17.3. The Morgan fingerprint density at radius 1 is 1.45 bits per heavy atom. The maximum atomic E-state index is 12.4. The Morgan fingerprint density at radius 2 is 2.18 bits per heavy atom. The van der Waals surface area contributed by atoms with E-state index in [4.69, 9.17) is 4.74 Å². The van der Waals surface area contributed by atoms with Crippen LogP contribution >= 0.6 is 0 Å². The van der Waals surface area contributed by atoms with Crippen LogP contribution in [0.3, 0.4) is 0 Å². The molecule has 0 aliphatic heterocycles. The third-order valence-electron chi connectivity index (χ3n) is 1.06. The number of benzene rings is 1. The van der Waals surface area contributed by atoms with E-state index >= 15 is 0 Å². The molecule has 0 aliphatic carbocycles. The summed E-state index contributed by atoms with van der Waals surface area (Å²) in [7, 11) is 0. The summed E-state index contributed by atoms with van der Waals surface area (Å²) in [5, 5.41) is 0. The van der Waals surface area contributed by atoms with E-state index in [2.05, 4.69) is 6.92 Å². The van der Waals surface area contributed by atoms with Crippen LogP contribution in [0.2, 0.25) is 0 Å². The average Bonchev–Trinajstić information content (AvgIpc) is 1.88. The summed E-state index contributed by atoms with van der Waals surface area (Å²) in [6.07, 6.45) is 0. The molecule has 3 heteroatoms. The van der Waals surface area contributed by atoms with Crippen LogP contribution < -0.4 is 4.74 Å². The molecule has 1 radical (unpaired) electrons. The van der Waals surface area contributed by atoms with Crippen LogP contribution in [0.4, 0.5) is 4.39 Å². The summed E-state index contributed by atoms with van der Waals surface area (Å²) in [6.45, 7) is 3.79. The van der Waals surface area contributed by atoms with E-state index in [0.29, 0.717) is 12.4 Å². The van der Waals surface area contributed by atoms with Gasteiger partial charge in [-0.3, -0.25) is 0 Å². The van der Waals surface area contributed by atoms with Gasteiger partial charge in [-0.2, -0.15) is 0 Å². The molecule has 63 valence electrons. The van der Waals surface area contributed by atoms with Crippen LogP contribution in [-0.2, 0) is 16.8 Å². The molecule has 1 aromatic carbocycles. The Balaban J connectivity index is 0.000001000. The number of halogens is 1. The predicted molar refractivity (Wildman–Crippen MR) is 37.3 cm³/mol. The fraction of sp³-hybridized carbons (Fsp3) is 0.125. The van der Waals surface area contributed by atoms with Gasteiger partial charge >= 0.3 is 0 Å². The topological polar surface area (TPSA) is 9.23 Å². The standard InChI is InChI=1S/C8H8FO.Co/c1-2-10-8-5-3-4-7(9)6-8;/h3-6H,1-2H2;/q-1;. The van der Waals surface area contributed by atoms with Crippen molar-refractivity contribution in [2.45, 2.75) is 0 Å². The molecule has 0 aromatic heterocycles. The molecule has 0 aliphatic rings. The van der Waals surface area contributed by atoms with Gasteiger partial charge < -0.3 is 11.7 Å². The summed E-state index contributed by atoms with van der Waals surface area (Å²) in [6, 6.07) is 5.98. The third-order valence-corrected chi connectivity index (χ3v) is 1.06. The second-order valence-corrected chi connectivity index (χ2v) is 1.81. The third kappa shape index (κ3) is 3.39. The van der Waals surface area contributed by atoms with Gasteiger partial charge in [0.2, 0.25) is 0 Å². The summed E-state index contributed by atoms with van der Waals surface area (Å²) in [4.78, 5) is 0. The van der Waals surface area contributed by atoms with Gasteiger partial charge in [-0.15, -0.1) is 0 Å². The monoisotopic (exact) mass is 198 g/mol. The normalized spacial score (nSPS) is 8.55. The van der Waals surface area contributed by atoms with Crippen LogP contribution in [0.25, 0.3) is 0 Å². The van der Waals surface area contributed by atoms with Crippen molar-refractivity contribution < 1.29 is 25.9 Å². The quantitative estimate of drug-likeness (QED) is 0.660. The average molecular weight is 198 g/mol. The minimum Gasteiger partial charge on any atom is -0.525 e. The molecule has 0 unspecified atom stereocenters. The summed E-state index contributed by atoms with van der Waals surface area (Å²) in [5.74, 6) is 0.237. The second-order valence-electron chi connectivity index (χ2n) is 1.81. The molecule has 1 aromatic rings. The van der Waals surface area contributed by atoms with Gasteiger partial charge in [-0.25, -0.2) is 4.39 Å². The van der Waals surface area contributed by atoms with Crippen LogP contribution in [0.1, 0.15) is 0 Å². The maximum absolute atomic E-state index is 12.4. The molecule has 0 bridgehead atoms. The van der Waals surface area contributed by atoms with Crippen LogP contribution in [0.5, 0.6) is 5.75 Å². The Labute approximate surface area is 75.8 Å². The molecule has 0 amide bonds. The van der Waals surface area contributed by atoms with Gasteiger partial charge in [0.15, 0.2) is 0 Å². The largest absolute Gasteiger partial charge is 0.525 e. The molecule has 1 nitrogen and oxygen atoms in total. The molecule has 0 spiro atoms. The summed E-state index contributed by atoms with van der Waals surface area (Å²) in [5.41, 5.74) is 0. The van der Waals surface area contributed by atoms with E-state index in [1.165, 1.54) is 12.1 Å². The maximum Gasteiger partial charge on any atom is 0.126 e. The van der Waals surface area contributed by atoms with Gasteiger partial charge in [0, 0.05) is 22.8 Å². The fourth-order valence-corrected chi connectivity index (χ4v) is 0.675. The molecule has 1 rings (SSSR count). The fourth-order valence-electron chi connectivity index (χ4n) is 0.675. The van der Waals surface area contributed by atoms with E-state index in [9.17, 15) is 4.39 Å². The molecular weight excluding hydrogens is 190 g/mol. The van der Waals surface area contributed by atoms with Gasteiger partial charge in [0.25, 0.3) is 0 Å². The van der Waals surface area contributed by atoms with Crippen molar-refractivity contribution in [3.8, 4) is 5.75 Å². The Morgan fingerprint density at radius 3 is 2.73 bits per heavy atom. The molecule has 11 heavy (non-hydrogen) atoms. The number of ether oxygens (including phenoxy) is 1. The van der Waals surface area contributed by atoms with Gasteiger partial charge in [-0.1, -0.05) is 6.07 Å². The van der Waals surface area contributed by atoms with Crippen molar-refractivity contribution in [3.63, 3.8) is 0 Å². The van der Waals surface area contributed by atoms with Crippen LogP contribution in [0.15, 0.2) is 24.3 Å². The molecule has 0 atom stereocenters.